The van der Waals surface area contributed by atoms with Crippen LogP contribution in [0.3, 0.4) is 0 Å². The topological polar surface area (TPSA) is 62.9 Å². The number of benzene rings is 1. The van der Waals surface area contributed by atoms with Crippen molar-refractivity contribution in [2.24, 2.45) is 0 Å². The second-order valence-corrected chi connectivity index (χ2v) is 7.86. The Morgan fingerprint density at radius 1 is 1.07 bits per heavy atom. The minimum absolute atomic E-state index is 0.0923. The Bertz CT molecular complexity index is 1030. The molecule has 30 heavy (non-hydrogen) atoms. The van der Waals surface area contributed by atoms with Crippen LogP contribution in [-0.2, 0) is 6.54 Å². The molecule has 3 aromatic rings. The molecule has 1 amide bonds. The Morgan fingerprint density at radius 3 is 2.50 bits per heavy atom. The first kappa shape index (κ1) is 20.3. The van der Waals surface area contributed by atoms with E-state index in [4.69, 9.17) is 0 Å². The molecule has 0 atom stereocenters. The number of amides is 1. The van der Waals surface area contributed by atoms with E-state index in [1.807, 2.05) is 53.4 Å². The number of carbonyl (C=O) groups is 1. The van der Waals surface area contributed by atoms with Gasteiger partial charge < -0.3 is 4.90 Å². The lowest BCUT2D eigenvalue weighted by Crippen LogP contribution is -2.48. The fourth-order valence-electron chi connectivity index (χ4n) is 4.30. The monoisotopic (exact) mass is 407 g/mol. The lowest BCUT2D eigenvalue weighted by molar-refractivity contribution is 0.0612. The molecule has 158 valence electrons. The number of rotatable bonds is 7. The fraction of sp³-hybridized carbons (Fsp3) is 0.435. The Labute approximate surface area is 176 Å². The van der Waals surface area contributed by atoms with Crippen LogP contribution in [0.5, 0.6) is 0 Å². The molecular formula is C23H29N5O2. The van der Waals surface area contributed by atoms with Crippen molar-refractivity contribution in [2.45, 2.75) is 38.8 Å². The van der Waals surface area contributed by atoms with Crippen molar-refractivity contribution >= 4 is 11.6 Å². The summed E-state index contributed by atoms with van der Waals surface area (Å²) in [5.74, 6) is 0.118. The molecule has 1 fully saturated rings. The molecular weight excluding hydrogens is 378 g/mol. The van der Waals surface area contributed by atoms with Crippen LogP contribution in [0.4, 0.5) is 0 Å². The van der Waals surface area contributed by atoms with Crippen LogP contribution in [0, 0.1) is 0 Å². The number of likely N-dealkylation sites (tertiary alicyclic amines) is 1. The van der Waals surface area contributed by atoms with Gasteiger partial charge in [0.25, 0.3) is 5.91 Å². The third kappa shape index (κ3) is 4.31. The predicted octanol–water partition coefficient (Wildman–Crippen LogP) is 2.51. The average molecular weight is 408 g/mol. The van der Waals surface area contributed by atoms with E-state index in [1.165, 1.54) is 0 Å². The summed E-state index contributed by atoms with van der Waals surface area (Å²) in [6.07, 6.45) is 4.73. The highest BCUT2D eigenvalue weighted by Crippen LogP contribution is 2.19. The molecule has 7 heteroatoms. The largest absolute Gasteiger partial charge is 0.350 e. The number of fused-ring (bicyclic) bond motifs is 1. The van der Waals surface area contributed by atoms with E-state index in [0.29, 0.717) is 18.2 Å². The number of hydrogen-bond acceptors (Lipinski definition) is 4. The molecule has 0 spiro atoms. The number of aromatic nitrogens is 3. The molecule has 0 aliphatic carbocycles. The summed E-state index contributed by atoms with van der Waals surface area (Å²) in [4.78, 5) is 29.6. The summed E-state index contributed by atoms with van der Waals surface area (Å²) >= 11 is 0. The lowest BCUT2D eigenvalue weighted by atomic mass is 10.0. The maximum Gasteiger partial charge on any atom is 0.350 e. The summed E-state index contributed by atoms with van der Waals surface area (Å²) in [6.45, 7) is 6.07. The number of carbonyl (C=O) groups excluding carboxylic acids is 1. The number of pyridine rings is 1. The van der Waals surface area contributed by atoms with E-state index in [1.54, 1.807) is 15.3 Å². The van der Waals surface area contributed by atoms with Gasteiger partial charge in [-0.1, -0.05) is 31.2 Å². The van der Waals surface area contributed by atoms with E-state index < -0.39 is 0 Å². The Morgan fingerprint density at radius 2 is 1.80 bits per heavy atom. The Kier molecular flexibility index (Phi) is 6.28. The van der Waals surface area contributed by atoms with Gasteiger partial charge in [0.05, 0.1) is 6.54 Å². The summed E-state index contributed by atoms with van der Waals surface area (Å²) in [6, 6.07) is 15.5. The zero-order valence-corrected chi connectivity index (χ0v) is 17.5. The zero-order chi connectivity index (χ0) is 20.9. The molecule has 0 radical (unpaired) electrons. The standard InChI is InChI=1S/C23H29N5O2/c1-2-13-25(17-18-28-23(30)27-14-7-6-10-21(27)24-28)20-11-15-26(16-12-20)22(29)19-8-4-3-5-9-19/h3-10,14,20H,2,11-13,15-18H2,1H3. The Balaban J connectivity index is 1.37. The van der Waals surface area contributed by atoms with Gasteiger partial charge in [0, 0.05) is 37.4 Å². The second kappa shape index (κ2) is 9.26. The molecule has 3 heterocycles. The number of piperidine rings is 1. The third-order valence-electron chi connectivity index (χ3n) is 5.89. The highest BCUT2D eigenvalue weighted by Gasteiger charge is 2.27. The van der Waals surface area contributed by atoms with Crippen molar-refractivity contribution in [3.05, 3.63) is 70.8 Å². The molecule has 0 unspecified atom stereocenters. The van der Waals surface area contributed by atoms with Crippen LogP contribution in [0.15, 0.2) is 59.5 Å². The molecule has 0 saturated carbocycles. The van der Waals surface area contributed by atoms with Crippen molar-refractivity contribution in [1.82, 2.24) is 24.0 Å². The Hall–Kier alpha value is -2.93. The van der Waals surface area contributed by atoms with Gasteiger partial charge in [0.1, 0.15) is 0 Å². The minimum atomic E-state index is -0.0923. The smallest absolute Gasteiger partial charge is 0.339 e. The number of hydrogen-bond donors (Lipinski definition) is 0. The maximum absolute atomic E-state index is 12.7. The highest BCUT2D eigenvalue weighted by atomic mass is 16.2. The predicted molar refractivity (Wildman–Crippen MR) is 117 cm³/mol. The van der Waals surface area contributed by atoms with Gasteiger partial charge >= 0.3 is 5.69 Å². The van der Waals surface area contributed by atoms with E-state index in [-0.39, 0.29) is 11.6 Å². The molecule has 0 bridgehead atoms. The average Bonchev–Trinajstić information content (AvgIpc) is 3.12. The van der Waals surface area contributed by atoms with Crippen LogP contribution in [-0.4, -0.2) is 62.1 Å². The second-order valence-electron chi connectivity index (χ2n) is 7.86. The van der Waals surface area contributed by atoms with Gasteiger partial charge in [0.2, 0.25) is 0 Å². The van der Waals surface area contributed by atoms with Gasteiger partial charge in [-0.25, -0.2) is 9.48 Å². The van der Waals surface area contributed by atoms with Gasteiger partial charge in [-0.2, -0.15) is 0 Å². The molecule has 7 nitrogen and oxygen atoms in total. The fourth-order valence-corrected chi connectivity index (χ4v) is 4.30. The molecule has 4 rings (SSSR count). The van der Waals surface area contributed by atoms with E-state index in [2.05, 4.69) is 16.9 Å². The SMILES string of the molecule is CCCN(CCn1nc2ccccn2c1=O)C1CCN(C(=O)c2ccccc2)CC1. The van der Waals surface area contributed by atoms with Gasteiger partial charge in [-0.3, -0.25) is 14.1 Å². The quantitative estimate of drug-likeness (QED) is 0.604. The van der Waals surface area contributed by atoms with Crippen LogP contribution in [0.25, 0.3) is 5.65 Å². The highest BCUT2D eigenvalue weighted by molar-refractivity contribution is 5.94. The van der Waals surface area contributed by atoms with Crippen LogP contribution < -0.4 is 5.69 Å². The van der Waals surface area contributed by atoms with Gasteiger partial charge in [-0.05, 0) is 50.1 Å². The summed E-state index contributed by atoms with van der Waals surface area (Å²) < 4.78 is 3.14. The van der Waals surface area contributed by atoms with Crippen LogP contribution in [0.2, 0.25) is 0 Å². The molecule has 2 aromatic heterocycles. The van der Waals surface area contributed by atoms with Crippen molar-refractivity contribution in [3.63, 3.8) is 0 Å². The first-order valence-corrected chi connectivity index (χ1v) is 10.8. The molecule has 0 N–H and O–H groups in total. The first-order chi connectivity index (χ1) is 14.7. The normalized spacial score (nSPS) is 15.2. The lowest BCUT2D eigenvalue weighted by Gasteiger charge is -2.38. The van der Waals surface area contributed by atoms with Crippen molar-refractivity contribution in [1.29, 1.82) is 0 Å². The summed E-state index contributed by atoms with van der Waals surface area (Å²) in [5.41, 5.74) is 1.34. The zero-order valence-electron chi connectivity index (χ0n) is 17.5. The molecule has 1 aromatic carbocycles. The summed E-state index contributed by atoms with van der Waals surface area (Å²) in [5, 5.41) is 4.45. The minimum Gasteiger partial charge on any atom is -0.339 e. The molecule has 1 saturated heterocycles. The molecule has 1 aliphatic rings. The van der Waals surface area contributed by atoms with Crippen LogP contribution >= 0.6 is 0 Å². The van der Waals surface area contributed by atoms with Gasteiger partial charge in [0.15, 0.2) is 5.65 Å². The van der Waals surface area contributed by atoms with Crippen molar-refractivity contribution < 1.29 is 4.79 Å². The van der Waals surface area contributed by atoms with Crippen molar-refractivity contribution in [2.75, 3.05) is 26.2 Å². The van der Waals surface area contributed by atoms with E-state index >= 15 is 0 Å². The first-order valence-electron chi connectivity index (χ1n) is 10.8. The van der Waals surface area contributed by atoms with E-state index in [0.717, 1.165) is 51.0 Å². The van der Waals surface area contributed by atoms with Crippen molar-refractivity contribution in [3.8, 4) is 0 Å². The molecule has 1 aliphatic heterocycles. The van der Waals surface area contributed by atoms with E-state index in [9.17, 15) is 9.59 Å². The summed E-state index contributed by atoms with van der Waals surface area (Å²) in [7, 11) is 0. The van der Waals surface area contributed by atoms with Crippen LogP contribution in [0.1, 0.15) is 36.5 Å². The third-order valence-corrected chi connectivity index (χ3v) is 5.89. The maximum atomic E-state index is 12.7. The van der Waals surface area contributed by atoms with Gasteiger partial charge in [-0.15, -0.1) is 5.10 Å². The number of nitrogens with zero attached hydrogens (tertiary/aromatic N) is 5.